The van der Waals surface area contributed by atoms with Crippen molar-refractivity contribution in [1.82, 2.24) is 0 Å². The van der Waals surface area contributed by atoms with Crippen LogP contribution in [0.1, 0.15) is 31.2 Å². The van der Waals surface area contributed by atoms with Gasteiger partial charge in [0.2, 0.25) is 0 Å². The summed E-state index contributed by atoms with van der Waals surface area (Å²) < 4.78 is 0. The normalized spacial score (nSPS) is 10.5. The monoisotopic (exact) mass is 342 g/mol. The van der Waals surface area contributed by atoms with Gasteiger partial charge in [-0.25, -0.2) is 0 Å². The molecule has 2 rings (SSSR count). The average molecular weight is 343 g/mol. The number of aryl methyl sites for hydroxylation is 1. The molecule has 0 unspecified atom stereocenters. The van der Waals surface area contributed by atoms with E-state index in [4.69, 9.17) is 28.9 Å². The van der Waals surface area contributed by atoms with Crippen molar-refractivity contribution in [3.8, 4) is 0 Å². The lowest BCUT2D eigenvalue weighted by atomic mass is 10.1. The quantitative estimate of drug-likeness (QED) is 0.883. The third-order valence-corrected chi connectivity index (χ3v) is 4.71. The van der Waals surface area contributed by atoms with Crippen molar-refractivity contribution in [2.24, 2.45) is 5.73 Å². The highest BCUT2D eigenvalue weighted by atomic mass is 35.5. The lowest BCUT2D eigenvalue weighted by Crippen LogP contribution is -2.17. The molecule has 0 saturated heterocycles. The molecule has 0 saturated carbocycles. The van der Waals surface area contributed by atoms with Crippen LogP contribution in [0.4, 0.5) is 5.00 Å². The topological polar surface area (TPSA) is 72.2 Å². The molecule has 3 N–H and O–H groups in total. The minimum Gasteiger partial charge on any atom is -0.365 e. The Hall–Kier alpha value is -1.56. The molecule has 4 nitrogen and oxygen atoms in total. The number of benzene rings is 1. The molecule has 0 aliphatic rings. The molecule has 0 aliphatic carbocycles. The molecule has 1 aromatic carbocycles. The molecule has 0 radical (unpaired) electrons. The van der Waals surface area contributed by atoms with Crippen molar-refractivity contribution in [2.75, 3.05) is 5.32 Å². The Morgan fingerprint density at radius 3 is 2.48 bits per heavy atom. The molecule has 7 heteroatoms. The Kier molecular flexibility index (Phi) is 4.56. The van der Waals surface area contributed by atoms with Crippen LogP contribution in [0.5, 0.6) is 0 Å². The van der Waals surface area contributed by atoms with Gasteiger partial charge in [0.25, 0.3) is 11.8 Å². The highest BCUT2D eigenvalue weighted by Gasteiger charge is 2.20. The molecule has 2 aromatic rings. The van der Waals surface area contributed by atoms with Crippen LogP contribution in [0, 0.1) is 13.8 Å². The fraction of sp³-hybridized carbons (Fsp3) is 0.143. The van der Waals surface area contributed by atoms with Gasteiger partial charge in [-0.15, -0.1) is 11.3 Å². The highest BCUT2D eigenvalue weighted by Crippen LogP contribution is 2.33. The predicted molar refractivity (Wildman–Crippen MR) is 86.7 cm³/mol. The summed E-state index contributed by atoms with van der Waals surface area (Å²) in [5, 5.41) is 3.79. The number of nitrogens with one attached hydrogen (secondary N) is 1. The number of nitrogens with two attached hydrogens (primary N) is 1. The van der Waals surface area contributed by atoms with E-state index >= 15 is 0 Å². The number of thiophene rings is 1. The van der Waals surface area contributed by atoms with Gasteiger partial charge < -0.3 is 11.1 Å². The minimum absolute atomic E-state index is 0.241. The summed E-state index contributed by atoms with van der Waals surface area (Å²) in [6.07, 6.45) is 0. The van der Waals surface area contributed by atoms with E-state index in [-0.39, 0.29) is 10.6 Å². The molecule has 0 fully saturated rings. The standard InChI is InChI=1S/C14H12Cl2N2O2S/c1-6-7(2)21-14(11(6)12(17)19)18-13(20)9-4-3-8(15)5-10(9)16/h3-5H,1-2H3,(H2,17,19)(H,18,20). The first-order chi connectivity index (χ1) is 9.81. The number of hydrogen-bond donors (Lipinski definition) is 2. The highest BCUT2D eigenvalue weighted by molar-refractivity contribution is 7.16. The summed E-state index contributed by atoms with van der Waals surface area (Å²) in [5.41, 5.74) is 6.74. The van der Waals surface area contributed by atoms with E-state index in [1.807, 2.05) is 6.92 Å². The Balaban J connectivity index is 2.36. The van der Waals surface area contributed by atoms with E-state index in [1.54, 1.807) is 13.0 Å². The fourth-order valence-electron chi connectivity index (χ4n) is 1.86. The molecule has 0 bridgehead atoms. The summed E-state index contributed by atoms with van der Waals surface area (Å²) in [5.74, 6) is -0.991. The smallest absolute Gasteiger partial charge is 0.257 e. The Labute approximate surface area is 135 Å². The number of hydrogen-bond acceptors (Lipinski definition) is 3. The van der Waals surface area contributed by atoms with E-state index in [1.165, 1.54) is 23.5 Å². The van der Waals surface area contributed by atoms with Crippen molar-refractivity contribution in [2.45, 2.75) is 13.8 Å². The van der Waals surface area contributed by atoms with Crippen LogP contribution in [-0.2, 0) is 0 Å². The molecule has 0 aliphatic heterocycles. The molecular weight excluding hydrogens is 331 g/mol. The van der Waals surface area contributed by atoms with Crippen LogP contribution >= 0.6 is 34.5 Å². The van der Waals surface area contributed by atoms with Gasteiger partial charge in [-0.05, 0) is 37.6 Å². The van der Waals surface area contributed by atoms with Crippen LogP contribution in [0.2, 0.25) is 10.0 Å². The number of carbonyl (C=O) groups is 2. The average Bonchev–Trinajstić information content (AvgIpc) is 2.64. The van der Waals surface area contributed by atoms with Gasteiger partial charge in [0.15, 0.2) is 0 Å². The first-order valence-corrected chi connectivity index (χ1v) is 7.54. The number of rotatable bonds is 3. The molecule has 1 heterocycles. The van der Waals surface area contributed by atoms with Crippen LogP contribution < -0.4 is 11.1 Å². The molecule has 0 spiro atoms. The zero-order chi connectivity index (χ0) is 15.7. The number of carbonyl (C=O) groups excluding carboxylic acids is 2. The van der Waals surface area contributed by atoms with Crippen LogP contribution in [0.25, 0.3) is 0 Å². The van der Waals surface area contributed by atoms with Gasteiger partial charge in [-0.2, -0.15) is 0 Å². The second kappa shape index (κ2) is 6.05. The maximum absolute atomic E-state index is 12.3. The van der Waals surface area contributed by atoms with Crippen molar-refractivity contribution in [1.29, 1.82) is 0 Å². The lowest BCUT2D eigenvalue weighted by Gasteiger charge is -2.07. The third kappa shape index (κ3) is 3.20. The maximum Gasteiger partial charge on any atom is 0.257 e. The van der Waals surface area contributed by atoms with Gasteiger partial charge in [0.1, 0.15) is 5.00 Å². The van der Waals surface area contributed by atoms with E-state index in [0.29, 0.717) is 15.6 Å². The largest absolute Gasteiger partial charge is 0.365 e. The second-order valence-corrected chi connectivity index (χ2v) is 6.50. The summed E-state index contributed by atoms with van der Waals surface area (Å²) in [4.78, 5) is 24.7. The van der Waals surface area contributed by atoms with Crippen LogP contribution in [-0.4, -0.2) is 11.8 Å². The number of amides is 2. The van der Waals surface area contributed by atoms with Crippen molar-refractivity contribution in [3.05, 3.63) is 49.8 Å². The van der Waals surface area contributed by atoms with Gasteiger partial charge in [-0.1, -0.05) is 23.2 Å². The molecular formula is C14H12Cl2N2O2S. The predicted octanol–water partition coefficient (Wildman–Crippen LogP) is 4.02. The SMILES string of the molecule is Cc1sc(NC(=O)c2ccc(Cl)cc2Cl)c(C(N)=O)c1C. The maximum atomic E-state index is 12.3. The summed E-state index contributed by atoms with van der Waals surface area (Å²) in [7, 11) is 0. The van der Waals surface area contributed by atoms with E-state index < -0.39 is 11.8 Å². The van der Waals surface area contributed by atoms with Crippen molar-refractivity contribution < 1.29 is 9.59 Å². The molecule has 21 heavy (non-hydrogen) atoms. The summed E-state index contributed by atoms with van der Waals surface area (Å²) >= 11 is 13.1. The third-order valence-electron chi connectivity index (χ3n) is 3.03. The number of halogens is 2. The molecule has 1 aromatic heterocycles. The minimum atomic E-state index is -0.575. The Bertz CT molecular complexity index is 741. The fourth-order valence-corrected chi connectivity index (χ4v) is 3.41. The van der Waals surface area contributed by atoms with Gasteiger partial charge in [0, 0.05) is 9.90 Å². The Morgan fingerprint density at radius 2 is 1.90 bits per heavy atom. The van der Waals surface area contributed by atoms with Gasteiger partial charge in [0.05, 0.1) is 16.1 Å². The van der Waals surface area contributed by atoms with Gasteiger partial charge >= 0.3 is 0 Å². The zero-order valence-corrected chi connectivity index (χ0v) is 13.6. The van der Waals surface area contributed by atoms with E-state index in [2.05, 4.69) is 5.32 Å². The molecule has 0 atom stereocenters. The number of primary amides is 1. The zero-order valence-electron chi connectivity index (χ0n) is 11.3. The second-order valence-electron chi connectivity index (χ2n) is 4.43. The Morgan fingerprint density at radius 1 is 1.24 bits per heavy atom. The molecule has 110 valence electrons. The van der Waals surface area contributed by atoms with Crippen LogP contribution in [0.3, 0.4) is 0 Å². The number of anilines is 1. The first-order valence-electron chi connectivity index (χ1n) is 5.97. The van der Waals surface area contributed by atoms with E-state index in [0.717, 1.165) is 10.4 Å². The van der Waals surface area contributed by atoms with Crippen molar-refractivity contribution >= 4 is 51.4 Å². The molecule has 2 amide bonds. The van der Waals surface area contributed by atoms with Gasteiger partial charge in [-0.3, -0.25) is 9.59 Å². The summed E-state index contributed by atoms with van der Waals surface area (Å²) in [6.45, 7) is 3.65. The van der Waals surface area contributed by atoms with E-state index in [9.17, 15) is 9.59 Å². The lowest BCUT2D eigenvalue weighted by molar-refractivity contribution is 0.100. The first kappa shape index (κ1) is 15.8. The summed E-state index contributed by atoms with van der Waals surface area (Å²) in [6, 6.07) is 4.58. The van der Waals surface area contributed by atoms with Crippen molar-refractivity contribution in [3.63, 3.8) is 0 Å². The van der Waals surface area contributed by atoms with Crippen LogP contribution in [0.15, 0.2) is 18.2 Å².